The third-order valence-electron chi connectivity index (χ3n) is 6.81. The van der Waals surface area contributed by atoms with Crippen molar-refractivity contribution in [3.05, 3.63) is 29.8 Å². The number of imide groups is 1. The number of fused-ring (bicyclic) bond motifs is 5. The maximum Gasteiger partial charge on any atom is 0.251 e. The van der Waals surface area contributed by atoms with Crippen molar-refractivity contribution in [1.29, 1.82) is 0 Å². The first-order valence-corrected chi connectivity index (χ1v) is 10.0. The lowest BCUT2D eigenvalue weighted by atomic mass is 9.81. The summed E-state index contributed by atoms with van der Waals surface area (Å²) in [5.41, 5.74) is 0.981. The summed E-state index contributed by atoms with van der Waals surface area (Å²) in [6.07, 6.45) is 5.21. The Balaban J connectivity index is 1.34. The van der Waals surface area contributed by atoms with Gasteiger partial charge in [-0.05, 0) is 62.1 Å². The second-order valence-corrected chi connectivity index (χ2v) is 8.29. The summed E-state index contributed by atoms with van der Waals surface area (Å²) >= 11 is 0. The lowest BCUT2D eigenvalue weighted by molar-refractivity contribution is -0.123. The molecule has 1 aromatic carbocycles. The number of nitrogens with zero attached hydrogens (tertiary/aromatic N) is 1. The van der Waals surface area contributed by atoms with Gasteiger partial charge in [0.15, 0.2) is 0 Å². The molecular formula is C21H24N2O4. The van der Waals surface area contributed by atoms with Crippen molar-refractivity contribution >= 4 is 23.4 Å². The highest BCUT2D eigenvalue weighted by molar-refractivity contribution is 6.22. The topological polar surface area (TPSA) is 75.7 Å². The van der Waals surface area contributed by atoms with Crippen molar-refractivity contribution < 1.29 is 19.1 Å². The van der Waals surface area contributed by atoms with E-state index in [2.05, 4.69) is 5.32 Å². The SMILES string of the molecule is O=C(NC[C@H]1CCCO1)c1cccc(N2C(=O)[C@H]3[C@@H]4CC[C@H](C4)[C@@H]3C2=O)c1. The Bertz CT molecular complexity index is 773. The predicted octanol–water partition coefficient (Wildman–Crippen LogP) is 2.13. The summed E-state index contributed by atoms with van der Waals surface area (Å²) in [5, 5.41) is 2.89. The summed E-state index contributed by atoms with van der Waals surface area (Å²) in [4.78, 5) is 39.7. The van der Waals surface area contributed by atoms with E-state index in [1.54, 1.807) is 24.3 Å². The molecule has 0 spiro atoms. The van der Waals surface area contributed by atoms with E-state index >= 15 is 0 Å². The number of hydrogen-bond acceptors (Lipinski definition) is 4. The number of anilines is 1. The first-order chi connectivity index (χ1) is 13.1. The Morgan fingerprint density at radius 1 is 1.11 bits per heavy atom. The summed E-state index contributed by atoms with van der Waals surface area (Å²) < 4.78 is 5.53. The van der Waals surface area contributed by atoms with E-state index in [-0.39, 0.29) is 35.7 Å². The van der Waals surface area contributed by atoms with Gasteiger partial charge in [0.05, 0.1) is 23.6 Å². The first-order valence-electron chi connectivity index (χ1n) is 10.0. The second kappa shape index (κ2) is 6.44. The van der Waals surface area contributed by atoms with Crippen LogP contribution >= 0.6 is 0 Å². The van der Waals surface area contributed by atoms with Crippen molar-refractivity contribution in [3.63, 3.8) is 0 Å². The number of nitrogens with one attached hydrogen (secondary N) is 1. The van der Waals surface area contributed by atoms with Gasteiger partial charge in [-0.1, -0.05) is 6.07 Å². The van der Waals surface area contributed by atoms with Crippen LogP contribution in [0, 0.1) is 23.7 Å². The molecule has 1 N–H and O–H groups in total. The molecule has 4 fully saturated rings. The maximum absolute atomic E-state index is 13.0. The summed E-state index contributed by atoms with van der Waals surface area (Å²) in [6.45, 7) is 1.23. The number of rotatable bonds is 4. The average molecular weight is 368 g/mol. The van der Waals surface area contributed by atoms with Gasteiger partial charge < -0.3 is 10.1 Å². The van der Waals surface area contributed by atoms with Crippen LogP contribution in [0.25, 0.3) is 0 Å². The normalized spacial score (nSPS) is 34.4. The van der Waals surface area contributed by atoms with Crippen LogP contribution in [0.1, 0.15) is 42.5 Å². The van der Waals surface area contributed by atoms with E-state index in [0.29, 0.717) is 29.6 Å². The fourth-order valence-corrected chi connectivity index (χ4v) is 5.56. The molecular weight excluding hydrogens is 344 g/mol. The molecule has 5 atom stereocenters. The van der Waals surface area contributed by atoms with E-state index in [0.717, 1.165) is 38.7 Å². The Morgan fingerprint density at radius 3 is 2.52 bits per heavy atom. The highest BCUT2D eigenvalue weighted by atomic mass is 16.5. The van der Waals surface area contributed by atoms with Crippen molar-refractivity contribution in [2.75, 3.05) is 18.1 Å². The van der Waals surface area contributed by atoms with Crippen LogP contribution in [-0.2, 0) is 14.3 Å². The van der Waals surface area contributed by atoms with Gasteiger partial charge in [0.25, 0.3) is 5.91 Å². The van der Waals surface area contributed by atoms with Gasteiger partial charge in [-0.2, -0.15) is 0 Å². The zero-order valence-electron chi connectivity index (χ0n) is 15.2. The molecule has 4 aliphatic rings. The standard InChI is InChI=1S/C21H24N2O4/c24-19(22-11-16-5-2-8-27-16)14-3-1-4-15(10-14)23-20(25)17-12-6-7-13(9-12)18(17)21(23)26/h1,3-4,10,12-13,16-18H,2,5-9,11H2,(H,22,24)/t12-,13-,16-,17+,18+/m1/s1. The van der Waals surface area contributed by atoms with Gasteiger partial charge in [0.1, 0.15) is 0 Å². The fourth-order valence-electron chi connectivity index (χ4n) is 5.56. The molecule has 2 bridgehead atoms. The maximum atomic E-state index is 13.0. The zero-order valence-corrected chi connectivity index (χ0v) is 15.2. The molecule has 27 heavy (non-hydrogen) atoms. The Labute approximate surface area is 158 Å². The molecule has 2 saturated carbocycles. The van der Waals surface area contributed by atoms with Crippen LogP contribution in [0.15, 0.2) is 24.3 Å². The van der Waals surface area contributed by atoms with Crippen LogP contribution in [0.2, 0.25) is 0 Å². The molecule has 6 heteroatoms. The van der Waals surface area contributed by atoms with Crippen molar-refractivity contribution in [2.24, 2.45) is 23.7 Å². The molecule has 2 saturated heterocycles. The Hall–Kier alpha value is -2.21. The zero-order chi connectivity index (χ0) is 18.5. The fraction of sp³-hybridized carbons (Fsp3) is 0.571. The van der Waals surface area contributed by atoms with E-state index in [4.69, 9.17) is 4.74 Å². The van der Waals surface area contributed by atoms with Gasteiger partial charge in [-0.15, -0.1) is 0 Å². The lowest BCUT2D eigenvalue weighted by Gasteiger charge is -2.19. The lowest BCUT2D eigenvalue weighted by Crippen LogP contribution is -2.34. The van der Waals surface area contributed by atoms with E-state index < -0.39 is 0 Å². The molecule has 0 unspecified atom stereocenters. The molecule has 142 valence electrons. The molecule has 2 heterocycles. The van der Waals surface area contributed by atoms with E-state index in [1.807, 2.05) is 0 Å². The van der Waals surface area contributed by atoms with Gasteiger partial charge >= 0.3 is 0 Å². The van der Waals surface area contributed by atoms with Crippen LogP contribution in [0.4, 0.5) is 5.69 Å². The molecule has 2 aliphatic carbocycles. The third-order valence-corrected chi connectivity index (χ3v) is 6.81. The van der Waals surface area contributed by atoms with Crippen LogP contribution in [-0.4, -0.2) is 37.0 Å². The molecule has 0 radical (unpaired) electrons. The quantitative estimate of drug-likeness (QED) is 0.826. The van der Waals surface area contributed by atoms with Crippen LogP contribution < -0.4 is 10.2 Å². The monoisotopic (exact) mass is 368 g/mol. The van der Waals surface area contributed by atoms with E-state index in [1.165, 1.54) is 4.90 Å². The summed E-state index contributed by atoms with van der Waals surface area (Å²) in [5.74, 6) is 0.0788. The van der Waals surface area contributed by atoms with Crippen LogP contribution in [0.5, 0.6) is 0 Å². The van der Waals surface area contributed by atoms with Crippen molar-refractivity contribution in [2.45, 2.75) is 38.2 Å². The minimum atomic E-state index is -0.202. The van der Waals surface area contributed by atoms with Gasteiger partial charge in [0.2, 0.25) is 11.8 Å². The largest absolute Gasteiger partial charge is 0.376 e. The van der Waals surface area contributed by atoms with Gasteiger partial charge in [0, 0.05) is 18.7 Å². The Kier molecular flexibility index (Phi) is 4.04. The molecule has 6 nitrogen and oxygen atoms in total. The highest BCUT2D eigenvalue weighted by Crippen LogP contribution is 2.56. The highest BCUT2D eigenvalue weighted by Gasteiger charge is 2.61. The molecule has 0 aromatic heterocycles. The number of hydrogen-bond donors (Lipinski definition) is 1. The predicted molar refractivity (Wildman–Crippen MR) is 98.1 cm³/mol. The molecule has 2 aliphatic heterocycles. The number of ether oxygens (including phenoxy) is 1. The minimum Gasteiger partial charge on any atom is -0.376 e. The number of carbonyl (C=O) groups excluding carboxylic acids is 3. The third kappa shape index (κ3) is 2.69. The molecule has 5 rings (SSSR count). The number of amides is 3. The Morgan fingerprint density at radius 2 is 1.85 bits per heavy atom. The molecule has 3 amide bonds. The van der Waals surface area contributed by atoms with E-state index in [9.17, 15) is 14.4 Å². The summed E-state index contributed by atoms with van der Waals surface area (Å²) in [6, 6.07) is 6.85. The number of carbonyl (C=O) groups is 3. The van der Waals surface area contributed by atoms with Gasteiger partial charge in [-0.3, -0.25) is 19.3 Å². The van der Waals surface area contributed by atoms with Gasteiger partial charge in [-0.25, -0.2) is 0 Å². The number of benzene rings is 1. The smallest absolute Gasteiger partial charge is 0.251 e. The molecule has 1 aromatic rings. The minimum absolute atomic E-state index is 0.0749. The van der Waals surface area contributed by atoms with Crippen molar-refractivity contribution in [3.8, 4) is 0 Å². The second-order valence-electron chi connectivity index (χ2n) is 8.29. The van der Waals surface area contributed by atoms with Crippen molar-refractivity contribution in [1.82, 2.24) is 5.32 Å². The first kappa shape index (κ1) is 16.9. The average Bonchev–Trinajstić information content (AvgIpc) is 3.45. The van der Waals surface area contributed by atoms with Crippen LogP contribution in [0.3, 0.4) is 0 Å². The summed E-state index contributed by atoms with van der Waals surface area (Å²) in [7, 11) is 0.